The highest BCUT2D eigenvalue weighted by molar-refractivity contribution is 6.15. The molecule has 0 atom stereocenters. The number of esters is 1. The van der Waals surface area contributed by atoms with E-state index in [1.165, 1.54) is 13.2 Å². The zero-order chi connectivity index (χ0) is 17.1. The van der Waals surface area contributed by atoms with Crippen LogP contribution in [0.15, 0.2) is 52.6 Å². The van der Waals surface area contributed by atoms with Gasteiger partial charge in [-0.1, -0.05) is 30.3 Å². The first-order valence-corrected chi connectivity index (χ1v) is 7.15. The van der Waals surface area contributed by atoms with E-state index in [0.29, 0.717) is 11.5 Å². The molecule has 3 rings (SSSR count). The molecule has 1 aliphatic heterocycles. The van der Waals surface area contributed by atoms with Gasteiger partial charge in [0.1, 0.15) is 23.8 Å². The van der Waals surface area contributed by atoms with Crippen LogP contribution >= 0.6 is 0 Å². The summed E-state index contributed by atoms with van der Waals surface area (Å²) in [5.41, 5.74) is 0.939. The van der Waals surface area contributed by atoms with Crippen LogP contribution in [0, 0.1) is 0 Å². The monoisotopic (exact) mass is 326 g/mol. The Hall–Kier alpha value is -3.35. The summed E-state index contributed by atoms with van der Waals surface area (Å²) in [4.78, 5) is 36.0. The first-order chi connectivity index (χ1) is 11.6. The lowest BCUT2D eigenvalue weighted by molar-refractivity contribution is -0.143. The number of methoxy groups -OCH3 is 1. The van der Waals surface area contributed by atoms with Crippen molar-refractivity contribution in [2.24, 2.45) is 0 Å². The number of nitrogens with zero attached hydrogens (tertiary/aromatic N) is 1. The predicted molar refractivity (Wildman–Crippen MR) is 84.4 cm³/mol. The fraction of sp³-hybridized carbons (Fsp3) is 0.118. The van der Waals surface area contributed by atoms with Crippen LogP contribution in [0.3, 0.4) is 0 Å². The Morgan fingerprint density at radius 1 is 1.21 bits per heavy atom. The van der Waals surface area contributed by atoms with E-state index in [4.69, 9.17) is 4.42 Å². The van der Waals surface area contributed by atoms with Gasteiger partial charge in [0.05, 0.1) is 7.11 Å². The molecule has 2 aromatic rings. The Balaban J connectivity index is 1.80. The van der Waals surface area contributed by atoms with Crippen molar-refractivity contribution in [2.45, 2.75) is 0 Å². The first-order valence-electron chi connectivity index (χ1n) is 7.15. The molecule has 1 fully saturated rings. The number of ether oxygens (including phenoxy) is 1. The van der Waals surface area contributed by atoms with Crippen molar-refractivity contribution < 1.29 is 23.5 Å². The van der Waals surface area contributed by atoms with Crippen molar-refractivity contribution in [1.29, 1.82) is 0 Å². The van der Waals surface area contributed by atoms with Crippen LogP contribution in [0.4, 0.5) is 4.79 Å². The lowest BCUT2D eigenvalue weighted by Gasteiger charge is -2.08. The summed E-state index contributed by atoms with van der Waals surface area (Å²) in [6.45, 7) is -0.439. The third-order valence-corrected chi connectivity index (χ3v) is 3.45. The van der Waals surface area contributed by atoms with Crippen LogP contribution in [-0.2, 0) is 14.3 Å². The average molecular weight is 326 g/mol. The van der Waals surface area contributed by atoms with E-state index < -0.39 is 24.5 Å². The molecule has 1 N–H and O–H groups in total. The van der Waals surface area contributed by atoms with Gasteiger partial charge in [-0.2, -0.15) is 0 Å². The van der Waals surface area contributed by atoms with Gasteiger partial charge in [0, 0.05) is 11.6 Å². The lowest BCUT2D eigenvalue weighted by Crippen LogP contribution is -2.36. The summed E-state index contributed by atoms with van der Waals surface area (Å²) < 4.78 is 10.1. The molecule has 0 bridgehead atoms. The third kappa shape index (κ3) is 3.05. The Bertz CT molecular complexity index is 823. The molecule has 0 unspecified atom stereocenters. The number of urea groups is 1. The lowest BCUT2D eigenvalue weighted by atomic mass is 10.2. The molecule has 7 heteroatoms. The number of imide groups is 1. The number of carbonyl (C=O) groups excluding carboxylic acids is 3. The topological polar surface area (TPSA) is 88.8 Å². The van der Waals surface area contributed by atoms with Crippen molar-refractivity contribution >= 4 is 24.0 Å². The molecular formula is C17H14N2O5. The minimum Gasteiger partial charge on any atom is -0.468 e. The van der Waals surface area contributed by atoms with Crippen LogP contribution < -0.4 is 5.32 Å². The van der Waals surface area contributed by atoms with Crippen LogP contribution in [0.2, 0.25) is 0 Å². The highest BCUT2D eigenvalue weighted by atomic mass is 16.5. The number of hydrogen-bond donors (Lipinski definition) is 1. The minimum absolute atomic E-state index is 0.0397. The van der Waals surface area contributed by atoms with E-state index in [0.717, 1.165) is 10.5 Å². The molecular weight excluding hydrogens is 312 g/mol. The van der Waals surface area contributed by atoms with Crippen LogP contribution in [-0.4, -0.2) is 36.5 Å². The van der Waals surface area contributed by atoms with Crippen molar-refractivity contribution in [1.82, 2.24) is 10.2 Å². The molecule has 2 heterocycles. The molecule has 7 nitrogen and oxygen atoms in total. The number of nitrogens with one attached hydrogen (secondary N) is 1. The average Bonchev–Trinajstić information content (AvgIpc) is 3.16. The molecule has 0 radical (unpaired) electrons. The standard InChI is InChI=1S/C17H14N2O5/c1-23-15(20)10-19-16(21)13(18-17(19)22)9-12-7-8-14(24-12)11-5-3-2-4-6-11/h2-9H,10H2,1H3,(H,18,22)/b13-9+. The molecule has 1 saturated heterocycles. The Kier molecular flexibility index (Phi) is 4.15. The molecule has 1 aliphatic rings. The third-order valence-electron chi connectivity index (χ3n) is 3.45. The van der Waals surface area contributed by atoms with Gasteiger partial charge in [-0.15, -0.1) is 0 Å². The van der Waals surface area contributed by atoms with Gasteiger partial charge < -0.3 is 14.5 Å². The molecule has 0 aliphatic carbocycles. The Morgan fingerprint density at radius 3 is 2.67 bits per heavy atom. The summed E-state index contributed by atoms with van der Waals surface area (Å²) >= 11 is 0. The SMILES string of the molecule is COC(=O)CN1C(=O)N/C(=C/c2ccc(-c3ccccc3)o2)C1=O. The van der Waals surface area contributed by atoms with E-state index in [1.54, 1.807) is 12.1 Å². The van der Waals surface area contributed by atoms with Crippen molar-refractivity contribution in [2.75, 3.05) is 13.7 Å². The second-order valence-corrected chi connectivity index (χ2v) is 5.02. The zero-order valence-electron chi connectivity index (χ0n) is 12.8. The van der Waals surface area contributed by atoms with Crippen LogP contribution in [0.5, 0.6) is 0 Å². The maximum absolute atomic E-state index is 12.2. The Morgan fingerprint density at radius 2 is 1.96 bits per heavy atom. The first kappa shape index (κ1) is 15.5. The van der Waals surface area contributed by atoms with E-state index in [1.807, 2.05) is 30.3 Å². The number of hydrogen-bond acceptors (Lipinski definition) is 5. The van der Waals surface area contributed by atoms with E-state index in [9.17, 15) is 14.4 Å². The number of benzene rings is 1. The van der Waals surface area contributed by atoms with Crippen LogP contribution in [0.25, 0.3) is 17.4 Å². The summed E-state index contributed by atoms with van der Waals surface area (Å²) in [6, 6.07) is 12.3. The van der Waals surface area contributed by atoms with Gasteiger partial charge in [0.15, 0.2) is 0 Å². The highest BCUT2D eigenvalue weighted by Gasteiger charge is 2.35. The summed E-state index contributed by atoms with van der Waals surface area (Å²) in [5.74, 6) is -0.227. The fourth-order valence-corrected chi connectivity index (χ4v) is 2.24. The maximum atomic E-state index is 12.2. The van der Waals surface area contributed by atoms with Gasteiger partial charge >= 0.3 is 12.0 Å². The van der Waals surface area contributed by atoms with Crippen molar-refractivity contribution in [3.05, 3.63) is 53.9 Å². The second-order valence-electron chi connectivity index (χ2n) is 5.02. The number of amides is 3. The van der Waals surface area contributed by atoms with Gasteiger partial charge in [0.25, 0.3) is 5.91 Å². The molecule has 1 aromatic carbocycles. The van der Waals surface area contributed by atoms with E-state index in [-0.39, 0.29) is 5.70 Å². The molecule has 0 spiro atoms. The second kappa shape index (κ2) is 6.41. The van der Waals surface area contributed by atoms with Crippen molar-refractivity contribution in [3.63, 3.8) is 0 Å². The van der Waals surface area contributed by atoms with Crippen molar-refractivity contribution in [3.8, 4) is 11.3 Å². The predicted octanol–water partition coefficient (Wildman–Crippen LogP) is 2.01. The number of carbonyl (C=O) groups is 3. The highest BCUT2D eigenvalue weighted by Crippen LogP contribution is 2.23. The molecule has 122 valence electrons. The molecule has 3 amide bonds. The summed E-state index contributed by atoms with van der Waals surface area (Å²) in [5, 5.41) is 2.41. The Labute approximate surface area is 137 Å². The summed E-state index contributed by atoms with van der Waals surface area (Å²) in [6.07, 6.45) is 1.42. The van der Waals surface area contributed by atoms with Crippen LogP contribution in [0.1, 0.15) is 5.76 Å². The molecule has 24 heavy (non-hydrogen) atoms. The molecule has 1 aromatic heterocycles. The largest absolute Gasteiger partial charge is 0.468 e. The zero-order valence-corrected chi connectivity index (χ0v) is 12.8. The minimum atomic E-state index is -0.677. The normalized spacial score (nSPS) is 15.7. The van der Waals surface area contributed by atoms with Gasteiger partial charge in [0.2, 0.25) is 0 Å². The maximum Gasteiger partial charge on any atom is 0.329 e. The van der Waals surface area contributed by atoms with Gasteiger partial charge in [-0.05, 0) is 12.1 Å². The van der Waals surface area contributed by atoms with Gasteiger partial charge in [-0.3, -0.25) is 9.59 Å². The number of rotatable bonds is 4. The van der Waals surface area contributed by atoms with Gasteiger partial charge in [-0.25, -0.2) is 9.69 Å². The summed E-state index contributed by atoms with van der Waals surface area (Å²) in [7, 11) is 1.19. The quantitative estimate of drug-likeness (QED) is 0.527. The van der Waals surface area contributed by atoms with E-state index >= 15 is 0 Å². The smallest absolute Gasteiger partial charge is 0.329 e. The fourth-order valence-electron chi connectivity index (χ4n) is 2.24. The van der Waals surface area contributed by atoms with E-state index in [2.05, 4.69) is 10.1 Å². The number of furan rings is 1. The molecule has 0 saturated carbocycles.